The number of alkyl halides is 2. The van der Waals surface area contributed by atoms with E-state index in [0.717, 1.165) is 3.57 Å². The van der Waals surface area contributed by atoms with Gasteiger partial charge in [-0.05, 0) is 41.6 Å². The van der Waals surface area contributed by atoms with E-state index in [9.17, 15) is 13.6 Å². The summed E-state index contributed by atoms with van der Waals surface area (Å²) < 4.78 is 31.7. The number of amides is 1. The number of nitrogens with zero attached hydrogens (tertiary/aromatic N) is 3. The standard InChI is InChI=1S/C14H11ClF2IN3O2/c1-7-6-20(13(22)12-10(18)5-19-21(7)12)8-2-3-9(15)11(4-8)23-14(16)17/h2-5,7,14H,6H2,1H3/t7-/m0/s1. The Labute approximate surface area is 149 Å². The molecule has 9 heteroatoms. The van der Waals surface area contributed by atoms with Crippen molar-refractivity contribution in [2.75, 3.05) is 11.4 Å². The highest BCUT2D eigenvalue weighted by Crippen LogP contribution is 2.34. The molecule has 1 atom stereocenters. The Balaban J connectivity index is 2.00. The fourth-order valence-corrected chi connectivity index (χ4v) is 3.26. The van der Waals surface area contributed by atoms with Crippen LogP contribution in [0.15, 0.2) is 24.4 Å². The van der Waals surface area contributed by atoms with Crippen molar-refractivity contribution in [2.24, 2.45) is 0 Å². The number of hydrogen-bond acceptors (Lipinski definition) is 3. The van der Waals surface area contributed by atoms with Gasteiger partial charge in [0.25, 0.3) is 5.91 Å². The predicted molar refractivity (Wildman–Crippen MR) is 89.4 cm³/mol. The maximum atomic E-state index is 12.7. The molecule has 1 aromatic heterocycles. The molecule has 1 amide bonds. The van der Waals surface area contributed by atoms with Crippen LogP contribution in [0.2, 0.25) is 5.02 Å². The van der Waals surface area contributed by atoms with Crippen molar-refractivity contribution in [3.63, 3.8) is 0 Å². The molecule has 2 heterocycles. The summed E-state index contributed by atoms with van der Waals surface area (Å²) in [4.78, 5) is 14.2. The molecule has 0 saturated carbocycles. The van der Waals surface area contributed by atoms with Crippen LogP contribution in [0.3, 0.4) is 0 Å². The molecule has 0 aliphatic carbocycles. The second kappa shape index (κ2) is 6.23. The van der Waals surface area contributed by atoms with Gasteiger partial charge >= 0.3 is 6.61 Å². The molecule has 1 aromatic carbocycles. The second-order valence-electron chi connectivity index (χ2n) is 5.04. The van der Waals surface area contributed by atoms with Crippen LogP contribution < -0.4 is 9.64 Å². The number of anilines is 1. The third kappa shape index (κ3) is 3.01. The number of fused-ring (bicyclic) bond motifs is 1. The fourth-order valence-electron chi connectivity index (χ4n) is 2.50. The Hall–Kier alpha value is -1.42. The van der Waals surface area contributed by atoms with Gasteiger partial charge in [0.15, 0.2) is 0 Å². The van der Waals surface area contributed by atoms with Crippen molar-refractivity contribution in [1.29, 1.82) is 0 Å². The van der Waals surface area contributed by atoms with Crippen LogP contribution in [-0.4, -0.2) is 28.8 Å². The normalized spacial score (nSPS) is 17.6. The van der Waals surface area contributed by atoms with Gasteiger partial charge in [-0.1, -0.05) is 11.6 Å². The van der Waals surface area contributed by atoms with Gasteiger partial charge in [-0.15, -0.1) is 0 Å². The minimum Gasteiger partial charge on any atom is -0.433 e. The van der Waals surface area contributed by atoms with Crippen LogP contribution in [0.25, 0.3) is 0 Å². The molecule has 5 nitrogen and oxygen atoms in total. The highest BCUT2D eigenvalue weighted by Gasteiger charge is 2.33. The number of hydrogen-bond donors (Lipinski definition) is 0. The van der Waals surface area contributed by atoms with E-state index in [1.165, 1.54) is 17.0 Å². The number of halogens is 4. The first-order valence-corrected chi connectivity index (χ1v) is 8.13. The van der Waals surface area contributed by atoms with E-state index in [1.54, 1.807) is 16.9 Å². The van der Waals surface area contributed by atoms with Crippen molar-refractivity contribution < 1.29 is 18.3 Å². The van der Waals surface area contributed by atoms with Gasteiger partial charge in [-0.25, -0.2) is 0 Å². The third-order valence-electron chi connectivity index (χ3n) is 3.51. The van der Waals surface area contributed by atoms with Crippen molar-refractivity contribution >= 4 is 45.8 Å². The lowest BCUT2D eigenvalue weighted by Crippen LogP contribution is -2.43. The van der Waals surface area contributed by atoms with Gasteiger partial charge in [0.05, 0.1) is 20.8 Å². The van der Waals surface area contributed by atoms with Crippen LogP contribution in [0.5, 0.6) is 5.75 Å². The summed E-state index contributed by atoms with van der Waals surface area (Å²) in [5, 5.41) is 4.26. The SMILES string of the molecule is C[C@H]1CN(c2ccc(Cl)c(OC(F)F)c2)C(=O)c2c(I)cnn21. The Kier molecular flexibility index (Phi) is 4.45. The minimum absolute atomic E-state index is 0.0404. The molecular weight excluding hydrogens is 443 g/mol. The molecule has 0 N–H and O–H groups in total. The number of carbonyl (C=O) groups is 1. The monoisotopic (exact) mass is 453 g/mol. The van der Waals surface area contributed by atoms with E-state index in [0.29, 0.717) is 17.9 Å². The van der Waals surface area contributed by atoms with Gasteiger partial charge < -0.3 is 9.64 Å². The second-order valence-corrected chi connectivity index (χ2v) is 6.61. The minimum atomic E-state index is -2.99. The Bertz CT molecular complexity index is 768. The highest BCUT2D eigenvalue weighted by molar-refractivity contribution is 14.1. The molecule has 0 saturated heterocycles. The number of ether oxygens (including phenoxy) is 1. The summed E-state index contributed by atoms with van der Waals surface area (Å²) in [6.45, 7) is -0.682. The van der Waals surface area contributed by atoms with E-state index in [-0.39, 0.29) is 22.7 Å². The molecule has 0 radical (unpaired) electrons. The van der Waals surface area contributed by atoms with Crippen molar-refractivity contribution in [2.45, 2.75) is 19.6 Å². The summed E-state index contributed by atoms with van der Waals surface area (Å²) >= 11 is 7.90. The lowest BCUT2D eigenvalue weighted by molar-refractivity contribution is -0.0497. The zero-order valence-electron chi connectivity index (χ0n) is 11.8. The van der Waals surface area contributed by atoms with Crippen molar-refractivity contribution in [1.82, 2.24) is 9.78 Å². The number of benzene rings is 1. The molecule has 0 spiro atoms. The fraction of sp³-hybridized carbons (Fsp3) is 0.286. The molecule has 0 unspecified atom stereocenters. The lowest BCUT2D eigenvalue weighted by atomic mass is 10.1. The first kappa shape index (κ1) is 16.4. The average Bonchev–Trinajstić information content (AvgIpc) is 2.88. The summed E-state index contributed by atoms with van der Waals surface area (Å²) in [6.07, 6.45) is 1.63. The van der Waals surface area contributed by atoms with Crippen molar-refractivity contribution in [3.8, 4) is 5.75 Å². The van der Waals surface area contributed by atoms with E-state index in [4.69, 9.17) is 11.6 Å². The van der Waals surface area contributed by atoms with Crippen LogP contribution in [0.4, 0.5) is 14.5 Å². The van der Waals surface area contributed by atoms with Crippen molar-refractivity contribution in [3.05, 3.63) is 38.7 Å². The quantitative estimate of drug-likeness (QED) is 0.661. The largest absolute Gasteiger partial charge is 0.433 e. The molecule has 1 aliphatic heterocycles. The van der Waals surface area contributed by atoms with Gasteiger partial charge in [-0.3, -0.25) is 9.48 Å². The lowest BCUT2D eigenvalue weighted by Gasteiger charge is -2.32. The van der Waals surface area contributed by atoms with E-state index >= 15 is 0 Å². The Morgan fingerprint density at radius 1 is 1.48 bits per heavy atom. The third-order valence-corrected chi connectivity index (χ3v) is 4.61. The van der Waals surface area contributed by atoms with Crippen LogP contribution in [0, 0.1) is 3.57 Å². The topological polar surface area (TPSA) is 47.4 Å². The number of rotatable bonds is 3. The molecule has 0 bridgehead atoms. The average molecular weight is 454 g/mol. The maximum Gasteiger partial charge on any atom is 0.387 e. The van der Waals surface area contributed by atoms with Gasteiger partial charge in [0, 0.05) is 18.3 Å². The summed E-state index contributed by atoms with van der Waals surface area (Å²) in [7, 11) is 0. The van der Waals surface area contributed by atoms with E-state index in [1.807, 2.05) is 29.5 Å². The zero-order chi connectivity index (χ0) is 16.7. The highest BCUT2D eigenvalue weighted by atomic mass is 127. The van der Waals surface area contributed by atoms with Gasteiger partial charge in [0.1, 0.15) is 11.4 Å². The van der Waals surface area contributed by atoms with Gasteiger partial charge in [-0.2, -0.15) is 13.9 Å². The predicted octanol–water partition coefficient (Wildman–Crippen LogP) is 3.96. The Morgan fingerprint density at radius 3 is 2.91 bits per heavy atom. The zero-order valence-corrected chi connectivity index (χ0v) is 14.8. The van der Waals surface area contributed by atoms with Crippen LogP contribution >= 0.6 is 34.2 Å². The molecule has 122 valence electrons. The number of carbonyl (C=O) groups excluding carboxylic acids is 1. The number of aromatic nitrogens is 2. The molecule has 3 rings (SSSR count). The summed E-state index contributed by atoms with van der Waals surface area (Å²) in [5.74, 6) is -0.399. The van der Waals surface area contributed by atoms with E-state index in [2.05, 4.69) is 9.84 Å². The summed E-state index contributed by atoms with van der Waals surface area (Å²) in [5.41, 5.74) is 0.931. The van der Waals surface area contributed by atoms with Crippen LogP contribution in [-0.2, 0) is 0 Å². The van der Waals surface area contributed by atoms with E-state index < -0.39 is 6.61 Å². The summed E-state index contributed by atoms with van der Waals surface area (Å²) in [6, 6.07) is 4.34. The Morgan fingerprint density at radius 2 is 2.22 bits per heavy atom. The maximum absolute atomic E-state index is 12.7. The first-order chi connectivity index (χ1) is 10.9. The molecular formula is C14H11ClF2IN3O2. The first-order valence-electron chi connectivity index (χ1n) is 6.67. The smallest absolute Gasteiger partial charge is 0.387 e. The van der Waals surface area contributed by atoms with Gasteiger partial charge in [0.2, 0.25) is 0 Å². The molecule has 0 fully saturated rings. The molecule has 2 aromatic rings. The molecule has 1 aliphatic rings. The molecule has 23 heavy (non-hydrogen) atoms. The van der Waals surface area contributed by atoms with Crippen LogP contribution in [0.1, 0.15) is 23.5 Å².